The summed E-state index contributed by atoms with van der Waals surface area (Å²) in [4.78, 5) is 42.8. The van der Waals surface area contributed by atoms with Crippen LogP contribution in [0.2, 0.25) is 0 Å². The Morgan fingerprint density at radius 3 is 2.26 bits per heavy atom. The lowest BCUT2D eigenvalue weighted by Crippen LogP contribution is -2.50. The van der Waals surface area contributed by atoms with Crippen LogP contribution >= 0.6 is 0 Å². The number of pyridine rings is 1. The fraction of sp³-hybridized carbons (Fsp3) is 0.267. The van der Waals surface area contributed by atoms with E-state index >= 15 is 0 Å². The molecule has 0 saturated carbocycles. The minimum Gasteiger partial charge on any atom is -0.335 e. The van der Waals surface area contributed by atoms with Crippen molar-refractivity contribution in [3.63, 3.8) is 0 Å². The normalized spacial score (nSPS) is 14.6. The summed E-state index contributed by atoms with van der Waals surface area (Å²) >= 11 is 0. The second-order valence-electron chi connectivity index (χ2n) is 5.13. The molecular formula is C15H15N5O3. The Morgan fingerprint density at radius 2 is 1.70 bits per heavy atom. The SMILES string of the molecule is O=C(c1cccnc1)N1CCN(C(=O)c2ccc(=O)[nH]n2)CC1. The molecule has 0 aromatic carbocycles. The molecule has 8 nitrogen and oxygen atoms in total. The Labute approximate surface area is 131 Å². The molecule has 0 radical (unpaired) electrons. The third-order valence-corrected chi connectivity index (χ3v) is 3.66. The summed E-state index contributed by atoms with van der Waals surface area (Å²) < 4.78 is 0. The highest BCUT2D eigenvalue weighted by Gasteiger charge is 2.26. The molecular weight excluding hydrogens is 298 g/mol. The standard InChI is InChI=1S/C15H15N5O3/c21-13-4-3-12(17-18-13)15(23)20-8-6-19(7-9-20)14(22)11-2-1-5-16-10-11/h1-5,10H,6-9H2,(H,18,21). The minimum absolute atomic E-state index is 0.0904. The molecule has 2 aromatic heterocycles. The number of carbonyl (C=O) groups excluding carboxylic acids is 2. The van der Waals surface area contributed by atoms with E-state index in [-0.39, 0.29) is 23.1 Å². The van der Waals surface area contributed by atoms with Crippen molar-refractivity contribution in [2.75, 3.05) is 26.2 Å². The summed E-state index contributed by atoms with van der Waals surface area (Å²) in [7, 11) is 0. The number of aromatic amines is 1. The fourth-order valence-electron chi connectivity index (χ4n) is 2.41. The lowest BCUT2D eigenvalue weighted by molar-refractivity contribution is 0.0531. The number of aromatic nitrogens is 3. The summed E-state index contributed by atoms with van der Waals surface area (Å²) in [5.41, 5.74) is 0.375. The van der Waals surface area contributed by atoms with Gasteiger partial charge in [-0.25, -0.2) is 5.10 Å². The van der Waals surface area contributed by atoms with Crippen LogP contribution in [0.1, 0.15) is 20.8 Å². The van der Waals surface area contributed by atoms with Crippen molar-refractivity contribution in [2.45, 2.75) is 0 Å². The largest absolute Gasteiger partial charge is 0.335 e. The maximum Gasteiger partial charge on any atom is 0.274 e. The predicted molar refractivity (Wildman–Crippen MR) is 80.9 cm³/mol. The van der Waals surface area contributed by atoms with E-state index in [4.69, 9.17) is 0 Å². The van der Waals surface area contributed by atoms with Gasteiger partial charge in [-0.3, -0.25) is 19.4 Å². The summed E-state index contributed by atoms with van der Waals surface area (Å²) in [6.07, 6.45) is 3.15. The lowest BCUT2D eigenvalue weighted by Gasteiger charge is -2.34. The molecule has 1 aliphatic rings. The number of amides is 2. The Kier molecular flexibility index (Phi) is 4.13. The van der Waals surface area contributed by atoms with Gasteiger partial charge in [-0.05, 0) is 18.2 Å². The molecule has 3 rings (SSSR count). The van der Waals surface area contributed by atoms with Crippen LogP contribution in [0.15, 0.2) is 41.5 Å². The average Bonchev–Trinajstić information content (AvgIpc) is 2.62. The Morgan fingerprint density at radius 1 is 1.00 bits per heavy atom. The molecule has 1 fully saturated rings. The highest BCUT2D eigenvalue weighted by atomic mass is 16.2. The zero-order chi connectivity index (χ0) is 16.2. The third kappa shape index (κ3) is 3.25. The van der Waals surface area contributed by atoms with Crippen molar-refractivity contribution < 1.29 is 9.59 Å². The Hall–Kier alpha value is -3.03. The van der Waals surface area contributed by atoms with Crippen LogP contribution in [0.3, 0.4) is 0 Å². The first kappa shape index (κ1) is 14.9. The Balaban J connectivity index is 1.62. The summed E-state index contributed by atoms with van der Waals surface area (Å²) in [5.74, 6) is -0.345. The van der Waals surface area contributed by atoms with E-state index in [1.165, 1.54) is 18.3 Å². The summed E-state index contributed by atoms with van der Waals surface area (Å²) in [5, 5.41) is 5.98. The molecule has 0 spiro atoms. The molecule has 1 aliphatic heterocycles. The molecule has 2 amide bonds. The van der Waals surface area contributed by atoms with Gasteiger partial charge < -0.3 is 9.80 Å². The van der Waals surface area contributed by atoms with Crippen LogP contribution in [-0.4, -0.2) is 63.0 Å². The van der Waals surface area contributed by atoms with Crippen molar-refractivity contribution in [3.8, 4) is 0 Å². The van der Waals surface area contributed by atoms with Crippen LogP contribution in [-0.2, 0) is 0 Å². The molecule has 1 saturated heterocycles. The first-order chi connectivity index (χ1) is 11.1. The number of carbonyl (C=O) groups is 2. The number of hydrogen-bond acceptors (Lipinski definition) is 5. The topological polar surface area (TPSA) is 99.3 Å². The van der Waals surface area contributed by atoms with E-state index < -0.39 is 0 Å². The van der Waals surface area contributed by atoms with Gasteiger partial charge in [0.15, 0.2) is 0 Å². The van der Waals surface area contributed by atoms with Crippen molar-refractivity contribution in [1.82, 2.24) is 25.0 Å². The summed E-state index contributed by atoms with van der Waals surface area (Å²) in [6.45, 7) is 1.74. The molecule has 1 N–H and O–H groups in total. The zero-order valence-electron chi connectivity index (χ0n) is 12.3. The molecule has 0 bridgehead atoms. The van der Waals surface area contributed by atoms with Crippen molar-refractivity contribution in [3.05, 3.63) is 58.3 Å². The van der Waals surface area contributed by atoms with E-state index in [0.29, 0.717) is 31.7 Å². The molecule has 118 valence electrons. The molecule has 0 unspecified atom stereocenters. The van der Waals surface area contributed by atoms with E-state index in [1.807, 2.05) is 0 Å². The van der Waals surface area contributed by atoms with Gasteiger partial charge in [-0.1, -0.05) is 0 Å². The number of H-pyrrole nitrogens is 1. The first-order valence-corrected chi connectivity index (χ1v) is 7.19. The molecule has 23 heavy (non-hydrogen) atoms. The molecule has 3 heterocycles. The van der Waals surface area contributed by atoms with Crippen LogP contribution in [0.5, 0.6) is 0 Å². The monoisotopic (exact) mass is 313 g/mol. The predicted octanol–water partition coefficient (Wildman–Crippen LogP) is -0.237. The number of nitrogens with zero attached hydrogens (tertiary/aromatic N) is 4. The van der Waals surface area contributed by atoms with Crippen molar-refractivity contribution >= 4 is 11.8 Å². The molecule has 0 atom stereocenters. The minimum atomic E-state index is -0.353. The van der Waals surface area contributed by atoms with E-state index in [2.05, 4.69) is 15.2 Å². The smallest absolute Gasteiger partial charge is 0.274 e. The van der Waals surface area contributed by atoms with Gasteiger partial charge in [0, 0.05) is 44.6 Å². The van der Waals surface area contributed by atoms with Crippen molar-refractivity contribution in [2.24, 2.45) is 0 Å². The van der Waals surface area contributed by atoms with E-state index in [1.54, 1.807) is 28.1 Å². The number of nitrogens with one attached hydrogen (secondary N) is 1. The highest BCUT2D eigenvalue weighted by Crippen LogP contribution is 2.09. The van der Waals surface area contributed by atoms with Gasteiger partial charge in [-0.2, -0.15) is 5.10 Å². The molecule has 8 heteroatoms. The van der Waals surface area contributed by atoms with Gasteiger partial charge in [0.05, 0.1) is 5.56 Å². The average molecular weight is 313 g/mol. The van der Waals surface area contributed by atoms with Gasteiger partial charge in [0.2, 0.25) is 0 Å². The second kappa shape index (κ2) is 6.39. The van der Waals surface area contributed by atoms with Gasteiger partial charge in [0.1, 0.15) is 5.69 Å². The maximum absolute atomic E-state index is 12.3. The van der Waals surface area contributed by atoms with Crippen LogP contribution < -0.4 is 5.56 Å². The number of rotatable bonds is 2. The Bertz CT molecular complexity index is 746. The lowest BCUT2D eigenvalue weighted by atomic mass is 10.2. The molecule has 2 aromatic rings. The zero-order valence-corrected chi connectivity index (χ0v) is 12.3. The van der Waals surface area contributed by atoms with Crippen LogP contribution in [0.4, 0.5) is 0 Å². The van der Waals surface area contributed by atoms with Crippen LogP contribution in [0.25, 0.3) is 0 Å². The van der Waals surface area contributed by atoms with Crippen molar-refractivity contribution in [1.29, 1.82) is 0 Å². The number of piperazine rings is 1. The third-order valence-electron chi connectivity index (χ3n) is 3.66. The second-order valence-corrected chi connectivity index (χ2v) is 5.13. The van der Waals surface area contributed by atoms with E-state index in [0.717, 1.165) is 0 Å². The molecule has 0 aliphatic carbocycles. The van der Waals surface area contributed by atoms with Gasteiger partial charge in [0.25, 0.3) is 17.4 Å². The number of hydrogen-bond donors (Lipinski definition) is 1. The highest BCUT2D eigenvalue weighted by molar-refractivity contribution is 5.95. The van der Waals surface area contributed by atoms with E-state index in [9.17, 15) is 14.4 Å². The van der Waals surface area contributed by atoms with Crippen LogP contribution in [0, 0.1) is 0 Å². The first-order valence-electron chi connectivity index (χ1n) is 7.19. The fourth-order valence-corrected chi connectivity index (χ4v) is 2.41. The summed E-state index contributed by atoms with van der Waals surface area (Å²) in [6, 6.07) is 6.10. The quantitative estimate of drug-likeness (QED) is 0.825. The maximum atomic E-state index is 12.3. The van der Waals surface area contributed by atoms with Gasteiger partial charge in [-0.15, -0.1) is 0 Å². The van der Waals surface area contributed by atoms with Gasteiger partial charge >= 0.3 is 0 Å².